The van der Waals surface area contributed by atoms with Gasteiger partial charge >= 0.3 is 0 Å². The second-order valence-corrected chi connectivity index (χ2v) is 6.99. The van der Waals surface area contributed by atoms with Gasteiger partial charge in [0, 0.05) is 18.1 Å². The average molecular weight is 238 g/mol. The summed E-state index contributed by atoms with van der Waals surface area (Å²) in [6.07, 6.45) is 5.43. The van der Waals surface area contributed by atoms with Crippen molar-refractivity contribution in [1.29, 1.82) is 0 Å². The molecule has 1 heterocycles. The molecular formula is C15H30N2. The van der Waals surface area contributed by atoms with Crippen molar-refractivity contribution in [2.45, 2.75) is 65.0 Å². The molecule has 2 nitrogen and oxygen atoms in total. The zero-order chi connectivity index (χ0) is 12.6. The van der Waals surface area contributed by atoms with Crippen LogP contribution in [0.5, 0.6) is 0 Å². The molecule has 0 amide bonds. The molecule has 0 spiro atoms. The summed E-state index contributed by atoms with van der Waals surface area (Å²) in [7, 11) is 0. The first-order chi connectivity index (χ1) is 8.00. The normalized spacial score (nSPS) is 39.0. The zero-order valence-electron chi connectivity index (χ0n) is 12.1. The fraction of sp³-hybridized carbons (Fsp3) is 1.00. The van der Waals surface area contributed by atoms with Crippen molar-refractivity contribution >= 4 is 0 Å². The highest BCUT2D eigenvalue weighted by atomic mass is 15.3. The Bertz CT molecular complexity index is 254. The minimum absolute atomic E-state index is 0.361. The van der Waals surface area contributed by atoms with Crippen LogP contribution in [0, 0.1) is 17.8 Å². The van der Waals surface area contributed by atoms with Gasteiger partial charge in [-0.05, 0) is 50.0 Å². The van der Waals surface area contributed by atoms with Crippen LogP contribution in [0.25, 0.3) is 0 Å². The Morgan fingerprint density at radius 1 is 1.18 bits per heavy atom. The van der Waals surface area contributed by atoms with Crippen molar-refractivity contribution in [3.63, 3.8) is 0 Å². The molecule has 17 heavy (non-hydrogen) atoms. The molecule has 2 heteroatoms. The van der Waals surface area contributed by atoms with Crippen LogP contribution in [0.4, 0.5) is 0 Å². The van der Waals surface area contributed by atoms with Gasteiger partial charge in [0.15, 0.2) is 0 Å². The summed E-state index contributed by atoms with van der Waals surface area (Å²) in [5, 5.41) is 0. The van der Waals surface area contributed by atoms with E-state index in [9.17, 15) is 0 Å². The predicted molar refractivity (Wildman–Crippen MR) is 73.9 cm³/mol. The van der Waals surface area contributed by atoms with E-state index in [1.54, 1.807) is 0 Å². The molecule has 1 atom stereocenters. The number of hydrogen-bond acceptors (Lipinski definition) is 2. The van der Waals surface area contributed by atoms with Crippen LogP contribution in [0.3, 0.4) is 0 Å². The van der Waals surface area contributed by atoms with Crippen molar-refractivity contribution in [1.82, 2.24) is 4.90 Å². The molecule has 2 N–H and O–H groups in total. The maximum absolute atomic E-state index is 6.13. The quantitative estimate of drug-likeness (QED) is 0.816. The Morgan fingerprint density at radius 2 is 1.82 bits per heavy atom. The molecule has 0 radical (unpaired) electrons. The lowest BCUT2D eigenvalue weighted by molar-refractivity contribution is -0.0512. The Morgan fingerprint density at radius 3 is 2.29 bits per heavy atom. The first-order valence-corrected chi connectivity index (χ1v) is 7.47. The van der Waals surface area contributed by atoms with E-state index in [1.807, 2.05) is 0 Å². The van der Waals surface area contributed by atoms with Crippen LogP contribution in [-0.2, 0) is 0 Å². The lowest BCUT2D eigenvalue weighted by atomic mass is 9.62. The van der Waals surface area contributed by atoms with Crippen molar-refractivity contribution in [3.8, 4) is 0 Å². The van der Waals surface area contributed by atoms with Gasteiger partial charge in [-0.1, -0.05) is 27.7 Å². The van der Waals surface area contributed by atoms with Gasteiger partial charge in [-0.3, -0.25) is 4.90 Å². The van der Waals surface area contributed by atoms with E-state index in [4.69, 9.17) is 5.73 Å². The average Bonchev–Trinajstić information content (AvgIpc) is 2.65. The van der Waals surface area contributed by atoms with Crippen LogP contribution in [0.1, 0.15) is 53.4 Å². The predicted octanol–water partition coefficient (Wildman–Crippen LogP) is 2.87. The molecule has 1 aliphatic carbocycles. The maximum atomic E-state index is 6.13. The summed E-state index contributed by atoms with van der Waals surface area (Å²) in [6.45, 7) is 11.6. The monoisotopic (exact) mass is 238 g/mol. The molecule has 1 saturated carbocycles. The van der Waals surface area contributed by atoms with E-state index in [-0.39, 0.29) is 0 Å². The fourth-order valence-electron chi connectivity index (χ4n) is 3.98. The summed E-state index contributed by atoms with van der Waals surface area (Å²) < 4.78 is 0. The van der Waals surface area contributed by atoms with E-state index >= 15 is 0 Å². The third-order valence-corrected chi connectivity index (χ3v) is 5.29. The van der Waals surface area contributed by atoms with Crippen LogP contribution >= 0.6 is 0 Å². The van der Waals surface area contributed by atoms with E-state index in [1.165, 1.54) is 32.2 Å². The summed E-state index contributed by atoms with van der Waals surface area (Å²) in [6, 6.07) is 0.784. The van der Waals surface area contributed by atoms with Crippen molar-refractivity contribution in [2.75, 3.05) is 13.1 Å². The van der Waals surface area contributed by atoms with Crippen LogP contribution in [-0.4, -0.2) is 29.6 Å². The Labute approximate surface area is 107 Å². The lowest BCUT2D eigenvalue weighted by Gasteiger charge is -2.56. The molecule has 1 unspecified atom stereocenters. The summed E-state index contributed by atoms with van der Waals surface area (Å²) in [5.41, 5.74) is 6.49. The largest absolute Gasteiger partial charge is 0.329 e. The second kappa shape index (κ2) is 4.89. The number of hydrogen-bond donors (Lipinski definition) is 1. The van der Waals surface area contributed by atoms with Gasteiger partial charge in [0.1, 0.15) is 0 Å². The molecule has 2 rings (SSSR count). The van der Waals surface area contributed by atoms with Crippen LogP contribution in [0.15, 0.2) is 0 Å². The van der Waals surface area contributed by atoms with Crippen LogP contribution in [0.2, 0.25) is 0 Å². The van der Waals surface area contributed by atoms with Gasteiger partial charge in [-0.25, -0.2) is 0 Å². The molecule has 0 aromatic heterocycles. The number of likely N-dealkylation sites (tertiary alicyclic amines) is 1. The van der Waals surface area contributed by atoms with Gasteiger partial charge in [-0.15, -0.1) is 0 Å². The molecule has 0 aromatic rings. The molecule has 0 aromatic carbocycles. The molecule has 2 aliphatic rings. The SMILES string of the molecule is CC(C)C1CC(CN)(N2CCCC2C(C)C)C1. The molecule has 2 fully saturated rings. The summed E-state index contributed by atoms with van der Waals surface area (Å²) in [5.74, 6) is 2.51. The van der Waals surface area contributed by atoms with E-state index in [2.05, 4.69) is 32.6 Å². The molecular weight excluding hydrogens is 208 g/mol. The molecule has 100 valence electrons. The lowest BCUT2D eigenvalue weighted by Crippen LogP contribution is -2.64. The Kier molecular flexibility index (Phi) is 3.84. The van der Waals surface area contributed by atoms with Gasteiger partial charge in [0.05, 0.1) is 0 Å². The first-order valence-electron chi connectivity index (χ1n) is 7.47. The molecule has 1 aliphatic heterocycles. The second-order valence-electron chi connectivity index (χ2n) is 6.99. The maximum Gasteiger partial charge on any atom is 0.0340 e. The van der Waals surface area contributed by atoms with Gasteiger partial charge in [0.25, 0.3) is 0 Å². The van der Waals surface area contributed by atoms with Gasteiger partial charge in [-0.2, -0.15) is 0 Å². The third kappa shape index (κ3) is 2.26. The van der Waals surface area contributed by atoms with Crippen LogP contribution < -0.4 is 5.73 Å². The van der Waals surface area contributed by atoms with E-state index in [0.29, 0.717) is 5.54 Å². The smallest absolute Gasteiger partial charge is 0.0340 e. The van der Waals surface area contributed by atoms with E-state index < -0.39 is 0 Å². The highest BCUT2D eigenvalue weighted by molar-refractivity contribution is 5.07. The Hall–Kier alpha value is -0.0800. The first kappa shape index (κ1) is 13.4. The number of nitrogens with zero attached hydrogens (tertiary/aromatic N) is 1. The van der Waals surface area contributed by atoms with Crippen molar-refractivity contribution in [3.05, 3.63) is 0 Å². The highest BCUT2D eigenvalue weighted by Crippen LogP contribution is 2.48. The third-order valence-electron chi connectivity index (χ3n) is 5.29. The minimum atomic E-state index is 0.361. The van der Waals surface area contributed by atoms with Gasteiger partial charge in [0.2, 0.25) is 0 Å². The standard InChI is InChI=1S/C15H30N2/c1-11(2)13-8-15(9-13,10-16)17-7-5-6-14(17)12(3)4/h11-14H,5-10,16H2,1-4H3. The van der Waals surface area contributed by atoms with Crippen molar-refractivity contribution in [2.24, 2.45) is 23.5 Å². The molecule has 1 saturated heterocycles. The summed E-state index contributed by atoms with van der Waals surface area (Å²) >= 11 is 0. The topological polar surface area (TPSA) is 29.3 Å². The number of nitrogens with two attached hydrogens (primary N) is 1. The zero-order valence-corrected chi connectivity index (χ0v) is 12.1. The fourth-order valence-corrected chi connectivity index (χ4v) is 3.98. The van der Waals surface area contributed by atoms with Crippen molar-refractivity contribution < 1.29 is 0 Å². The number of rotatable bonds is 4. The summed E-state index contributed by atoms with van der Waals surface area (Å²) in [4.78, 5) is 2.77. The molecule has 0 bridgehead atoms. The van der Waals surface area contributed by atoms with Gasteiger partial charge < -0.3 is 5.73 Å². The minimum Gasteiger partial charge on any atom is -0.329 e. The highest BCUT2D eigenvalue weighted by Gasteiger charge is 2.51. The van der Waals surface area contributed by atoms with E-state index in [0.717, 1.165) is 30.3 Å². The Balaban J connectivity index is 2.04.